The maximum atomic E-state index is 13.5. The zero-order chi connectivity index (χ0) is 19.9. The highest BCUT2D eigenvalue weighted by Crippen LogP contribution is 2.43. The lowest BCUT2D eigenvalue weighted by Gasteiger charge is -2.38. The van der Waals surface area contributed by atoms with Gasteiger partial charge in [-0.1, -0.05) is 63.5 Å². The molecule has 2 aliphatic rings. The molecule has 0 bridgehead atoms. The number of hydrogen-bond donors (Lipinski definition) is 0. The van der Waals surface area contributed by atoms with Crippen molar-refractivity contribution in [3.63, 3.8) is 0 Å². The van der Waals surface area contributed by atoms with Crippen LogP contribution in [0.5, 0.6) is 5.75 Å². The van der Waals surface area contributed by atoms with Crippen molar-refractivity contribution < 1.29 is 13.9 Å². The van der Waals surface area contributed by atoms with Crippen LogP contribution in [0.15, 0.2) is 18.2 Å². The van der Waals surface area contributed by atoms with Crippen LogP contribution < -0.4 is 4.74 Å². The van der Waals surface area contributed by atoms with Gasteiger partial charge in [0.25, 0.3) is 0 Å². The number of hydrogen-bond acceptors (Lipinski definition) is 2. The molecular weight excluding hydrogens is 375 g/mol. The van der Waals surface area contributed by atoms with E-state index in [1.807, 2.05) is 0 Å². The molecule has 28 heavy (non-hydrogen) atoms. The molecule has 0 N–H and O–H groups in total. The first-order valence-corrected chi connectivity index (χ1v) is 11.6. The van der Waals surface area contributed by atoms with Crippen LogP contribution in [-0.2, 0) is 4.79 Å². The molecule has 0 saturated heterocycles. The smallest absolute Gasteiger partial charge is 0.311 e. The van der Waals surface area contributed by atoms with Crippen LogP contribution in [0.2, 0.25) is 5.02 Å². The van der Waals surface area contributed by atoms with E-state index in [1.54, 1.807) is 0 Å². The minimum absolute atomic E-state index is 0.0387. The first-order valence-electron chi connectivity index (χ1n) is 11.2. The Bertz CT molecular complexity index is 639. The van der Waals surface area contributed by atoms with Gasteiger partial charge in [-0.25, -0.2) is 4.39 Å². The van der Waals surface area contributed by atoms with Gasteiger partial charge in [-0.05, 0) is 61.5 Å². The van der Waals surface area contributed by atoms with Gasteiger partial charge in [-0.15, -0.1) is 0 Å². The van der Waals surface area contributed by atoms with Crippen molar-refractivity contribution in [3.8, 4) is 5.75 Å². The predicted octanol–water partition coefficient (Wildman–Crippen LogP) is 7.58. The molecule has 2 fully saturated rings. The molecule has 4 heteroatoms. The van der Waals surface area contributed by atoms with E-state index in [1.165, 1.54) is 82.4 Å². The fourth-order valence-corrected chi connectivity index (χ4v) is 5.54. The molecular formula is C24H34ClFO2. The van der Waals surface area contributed by atoms with E-state index < -0.39 is 5.82 Å². The Morgan fingerprint density at radius 2 is 1.86 bits per heavy atom. The van der Waals surface area contributed by atoms with E-state index in [0.29, 0.717) is 12.3 Å². The average Bonchev–Trinajstić information content (AvgIpc) is 2.70. The Hall–Kier alpha value is -1.09. The first-order chi connectivity index (χ1) is 13.5. The predicted molar refractivity (Wildman–Crippen MR) is 112 cm³/mol. The Morgan fingerprint density at radius 1 is 1.07 bits per heavy atom. The summed E-state index contributed by atoms with van der Waals surface area (Å²) >= 11 is 5.67. The molecule has 2 aliphatic carbocycles. The SMILES string of the molecule is CCCC1CCC([C@H]2CCCC(CCC(=O)Oc3ccc(Cl)c(F)c3)C2)CC1. The minimum atomic E-state index is -0.559. The number of rotatable bonds is 7. The van der Waals surface area contributed by atoms with Crippen LogP contribution in [0.1, 0.15) is 84.0 Å². The Balaban J connectivity index is 1.41. The third-order valence-corrected chi connectivity index (χ3v) is 7.26. The number of ether oxygens (including phenoxy) is 1. The van der Waals surface area contributed by atoms with Crippen molar-refractivity contribution >= 4 is 17.6 Å². The fraction of sp³-hybridized carbons (Fsp3) is 0.708. The molecule has 2 atom stereocenters. The Labute approximate surface area is 174 Å². The normalized spacial score (nSPS) is 28.1. The zero-order valence-corrected chi connectivity index (χ0v) is 17.9. The lowest BCUT2D eigenvalue weighted by atomic mass is 9.67. The highest BCUT2D eigenvalue weighted by Gasteiger charge is 2.31. The lowest BCUT2D eigenvalue weighted by molar-refractivity contribution is -0.134. The second-order valence-electron chi connectivity index (χ2n) is 8.95. The summed E-state index contributed by atoms with van der Waals surface area (Å²) in [6, 6.07) is 4.13. The summed E-state index contributed by atoms with van der Waals surface area (Å²) in [4.78, 5) is 12.2. The molecule has 1 aromatic rings. The molecule has 0 heterocycles. The number of halogens is 2. The van der Waals surface area contributed by atoms with Crippen LogP contribution in [0.4, 0.5) is 4.39 Å². The summed E-state index contributed by atoms with van der Waals surface area (Å²) in [5.41, 5.74) is 0. The molecule has 2 saturated carbocycles. The van der Waals surface area contributed by atoms with E-state index in [9.17, 15) is 9.18 Å². The van der Waals surface area contributed by atoms with Gasteiger partial charge >= 0.3 is 5.97 Å². The minimum Gasteiger partial charge on any atom is -0.426 e. The second kappa shape index (κ2) is 10.6. The van der Waals surface area contributed by atoms with Crippen molar-refractivity contribution in [1.82, 2.24) is 0 Å². The van der Waals surface area contributed by atoms with E-state index in [0.717, 1.165) is 24.2 Å². The summed E-state index contributed by atoms with van der Waals surface area (Å²) in [5.74, 6) is 2.74. The monoisotopic (exact) mass is 408 g/mol. The van der Waals surface area contributed by atoms with Gasteiger partial charge in [0.15, 0.2) is 0 Å². The summed E-state index contributed by atoms with van der Waals surface area (Å²) in [7, 11) is 0. The van der Waals surface area contributed by atoms with Crippen molar-refractivity contribution in [2.75, 3.05) is 0 Å². The van der Waals surface area contributed by atoms with Crippen LogP contribution in [-0.4, -0.2) is 5.97 Å². The quantitative estimate of drug-likeness (QED) is 0.343. The summed E-state index contributed by atoms with van der Waals surface area (Å²) in [5, 5.41) is 0.0387. The third kappa shape index (κ3) is 6.20. The average molecular weight is 409 g/mol. The van der Waals surface area contributed by atoms with Gasteiger partial charge in [0.05, 0.1) is 5.02 Å². The summed E-state index contributed by atoms with van der Waals surface area (Å²) in [6.45, 7) is 2.30. The van der Waals surface area contributed by atoms with Crippen molar-refractivity contribution in [1.29, 1.82) is 0 Å². The van der Waals surface area contributed by atoms with Crippen molar-refractivity contribution in [2.24, 2.45) is 23.7 Å². The van der Waals surface area contributed by atoms with Crippen LogP contribution in [0.3, 0.4) is 0 Å². The highest BCUT2D eigenvalue weighted by molar-refractivity contribution is 6.30. The van der Waals surface area contributed by atoms with Gasteiger partial charge in [0, 0.05) is 12.5 Å². The zero-order valence-electron chi connectivity index (χ0n) is 17.1. The third-order valence-electron chi connectivity index (χ3n) is 6.96. The molecule has 3 rings (SSSR count). The van der Waals surface area contributed by atoms with E-state index in [-0.39, 0.29) is 16.7 Å². The van der Waals surface area contributed by atoms with Gasteiger partial charge < -0.3 is 4.74 Å². The van der Waals surface area contributed by atoms with Crippen LogP contribution in [0.25, 0.3) is 0 Å². The van der Waals surface area contributed by atoms with E-state index >= 15 is 0 Å². The van der Waals surface area contributed by atoms with Crippen LogP contribution >= 0.6 is 11.6 Å². The largest absolute Gasteiger partial charge is 0.426 e. The first kappa shape index (κ1) is 21.6. The number of esters is 1. The van der Waals surface area contributed by atoms with E-state index in [4.69, 9.17) is 16.3 Å². The molecule has 156 valence electrons. The molecule has 1 aromatic carbocycles. The van der Waals surface area contributed by atoms with Crippen molar-refractivity contribution in [3.05, 3.63) is 29.0 Å². The summed E-state index contributed by atoms with van der Waals surface area (Å²) in [6.07, 6.45) is 14.8. The van der Waals surface area contributed by atoms with E-state index in [2.05, 4.69) is 6.92 Å². The highest BCUT2D eigenvalue weighted by atomic mass is 35.5. The molecule has 2 nitrogen and oxygen atoms in total. The van der Waals surface area contributed by atoms with Crippen molar-refractivity contribution in [2.45, 2.75) is 84.0 Å². The maximum Gasteiger partial charge on any atom is 0.311 e. The molecule has 0 aromatic heterocycles. The topological polar surface area (TPSA) is 26.3 Å². The standard InChI is InChI=1S/C24H34ClFO2/c1-2-4-17-7-10-19(11-8-17)20-6-3-5-18(15-20)9-14-24(27)28-21-12-13-22(25)23(26)16-21/h12-13,16-20H,2-11,14-15H2,1H3/t17?,18?,19?,20-/m0/s1. The Kier molecular flexibility index (Phi) is 8.20. The molecule has 0 spiro atoms. The lowest BCUT2D eigenvalue weighted by Crippen LogP contribution is -2.27. The molecule has 0 amide bonds. The number of carbonyl (C=O) groups excluding carboxylic acids is 1. The molecule has 1 unspecified atom stereocenters. The van der Waals surface area contributed by atoms with Gasteiger partial charge in [-0.2, -0.15) is 0 Å². The van der Waals surface area contributed by atoms with Gasteiger partial charge in [0.2, 0.25) is 0 Å². The van der Waals surface area contributed by atoms with Crippen LogP contribution in [0, 0.1) is 29.5 Å². The fourth-order valence-electron chi connectivity index (χ4n) is 5.42. The molecule has 0 aliphatic heterocycles. The van der Waals surface area contributed by atoms with Gasteiger partial charge in [0.1, 0.15) is 11.6 Å². The summed E-state index contributed by atoms with van der Waals surface area (Å²) < 4.78 is 18.8. The maximum absolute atomic E-state index is 13.5. The number of carbonyl (C=O) groups is 1. The molecule has 0 radical (unpaired) electrons. The Morgan fingerprint density at radius 3 is 2.57 bits per heavy atom. The van der Waals surface area contributed by atoms with Gasteiger partial charge in [-0.3, -0.25) is 4.79 Å². The number of benzene rings is 1. The second-order valence-corrected chi connectivity index (χ2v) is 9.36.